The second-order valence-electron chi connectivity index (χ2n) is 5.73. The Kier molecular flexibility index (Phi) is 4.16. The molecular formula is C18H16Cl2FN. The second-order valence-corrected chi connectivity index (χ2v) is 6.57. The van der Waals surface area contributed by atoms with Gasteiger partial charge in [0.15, 0.2) is 0 Å². The Hall–Kier alpha value is -1.51. The van der Waals surface area contributed by atoms with Crippen molar-refractivity contribution in [3.05, 3.63) is 69.6 Å². The quantitative estimate of drug-likeness (QED) is 0.532. The van der Waals surface area contributed by atoms with Gasteiger partial charge in [0.25, 0.3) is 0 Å². The third-order valence-corrected chi connectivity index (χ3v) is 4.48. The Morgan fingerprint density at radius 2 is 1.91 bits per heavy atom. The zero-order valence-corrected chi connectivity index (χ0v) is 13.9. The van der Waals surface area contributed by atoms with E-state index in [9.17, 15) is 4.39 Å². The lowest BCUT2D eigenvalue weighted by molar-refractivity contribution is 0.602. The Morgan fingerprint density at radius 3 is 2.59 bits per heavy atom. The smallest absolute Gasteiger partial charge is 0.129 e. The fourth-order valence-electron chi connectivity index (χ4n) is 2.74. The van der Waals surface area contributed by atoms with Gasteiger partial charge in [-0.25, -0.2) is 4.39 Å². The summed E-state index contributed by atoms with van der Waals surface area (Å²) in [6, 6.07) is 10.6. The first kappa shape index (κ1) is 15.4. The Bertz CT molecular complexity index is 816. The minimum Gasteiger partial charge on any atom is -0.343 e. The molecule has 1 aromatic heterocycles. The van der Waals surface area contributed by atoms with Gasteiger partial charge >= 0.3 is 0 Å². The minimum atomic E-state index is -0.283. The van der Waals surface area contributed by atoms with Gasteiger partial charge in [0.05, 0.1) is 6.54 Å². The third-order valence-electron chi connectivity index (χ3n) is 3.89. The van der Waals surface area contributed by atoms with Crippen LogP contribution in [0.25, 0.3) is 10.9 Å². The molecule has 0 aliphatic rings. The summed E-state index contributed by atoms with van der Waals surface area (Å²) in [5, 5.41) is 2.26. The molecule has 2 aromatic carbocycles. The Labute approximate surface area is 139 Å². The van der Waals surface area contributed by atoms with Crippen LogP contribution in [-0.4, -0.2) is 4.57 Å². The Balaban J connectivity index is 2.15. The number of hydrogen-bond donors (Lipinski definition) is 0. The van der Waals surface area contributed by atoms with E-state index in [1.165, 1.54) is 11.6 Å². The van der Waals surface area contributed by atoms with Gasteiger partial charge < -0.3 is 4.57 Å². The molecule has 0 bridgehead atoms. The van der Waals surface area contributed by atoms with Gasteiger partial charge in [-0.05, 0) is 41.8 Å². The predicted molar refractivity (Wildman–Crippen MR) is 91.5 cm³/mol. The van der Waals surface area contributed by atoms with Gasteiger partial charge in [0, 0.05) is 32.7 Å². The van der Waals surface area contributed by atoms with Crippen LogP contribution in [0.15, 0.2) is 42.6 Å². The summed E-state index contributed by atoms with van der Waals surface area (Å²) in [7, 11) is 0. The van der Waals surface area contributed by atoms with Crippen LogP contribution in [0.1, 0.15) is 30.9 Å². The van der Waals surface area contributed by atoms with E-state index in [1.54, 1.807) is 12.1 Å². The zero-order valence-electron chi connectivity index (χ0n) is 12.4. The van der Waals surface area contributed by atoms with Gasteiger partial charge in [-0.1, -0.05) is 43.1 Å². The number of rotatable bonds is 3. The number of hydrogen-bond acceptors (Lipinski definition) is 0. The fourth-order valence-corrected chi connectivity index (χ4v) is 3.14. The number of halogens is 3. The zero-order chi connectivity index (χ0) is 15.9. The van der Waals surface area contributed by atoms with Gasteiger partial charge in [-0.15, -0.1) is 0 Å². The van der Waals surface area contributed by atoms with Crippen molar-refractivity contribution < 1.29 is 4.39 Å². The van der Waals surface area contributed by atoms with Crippen LogP contribution in [0, 0.1) is 5.82 Å². The summed E-state index contributed by atoms with van der Waals surface area (Å²) in [6.45, 7) is 4.67. The number of nitrogens with zero attached hydrogens (tertiary/aromatic N) is 1. The third kappa shape index (κ3) is 2.73. The molecule has 0 radical (unpaired) electrons. The molecule has 0 fully saturated rings. The minimum absolute atomic E-state index is 0.283. The summed E-state index contributed by atoms with van der Waals surface area (Å²) in [5.41, 5.74) is 2.74. The largest absolute Gasteiger partial charge is 0.343 e. The molecule has 4 heteroatoms. The molecule has 0 amide bonds. The summed E-state index contributed by atoms with van der Waals surface area (Å²) in [4.78, 5) is 0. The van der Waals surface area contributed by atoms with Gasteiger partial charge in [0.2, 0.25) is 0 Å². The van der Waals surface area contributed by atoms with Crippen molar-refractivity contribution in [2.24, 2.45) is 0 Å². The maximum absolute atomic E-state index is 14.0. The average Bonchev–Trinajstić information content (AvgIpc) is 2.81. The molecule has 0 aliphatic heterocycles. The molecular weight excluding hydrogens is 320 g/mol. The van der Waals surface area contributed by atoms with Crippen molar-refractivity contribution in [2.75, 3.05) is 0 Å². The molecule has 0 spiro atoms. The predicted octanol–water partition coefficient (Wildman–Crippen LogP) is 6.26. The lowest BCUT2D eigenvalue weighted by Gasteiger charge is -2.09. The van der Waals surface area contributed by atoms with Crippen LogP contribution in [0.5, 0.6) is 0 Å². The van der Waals surface area contributed by atoms with Gasteiger partial charge in [0.1, 0.15) is 5.82 Å². The molecule has 3 rings (SSSR count). The maximum atomic E-state index is 14.0. The highest BCUT2D eigenvalue weighted by molar-refractivity contribution is 6.31. The van der Waals surface area contributed by atoms with E-state index in [1.807, 2.05) is 22.8 Å². The van der Waals surface area contributed by atoms with E-state index in [0.717, 1.165) is 10.9 Å². The van der Waals surface area contributed by atoms with Crippen LogP contribution in [-0.2, 0) is 6.54 Å². The monoisotopic (exact) mass is 335 g/mol. The van der Waals surface area contributed by atoms with Crippen LogP contribution in [0.3, 0.4) is 0 Å². The summed E-state index contributed by atoms with van der Waals surface area (Å²) in [5.74, 6) is 0.0766. The molecule has 3 aromatic rings. The van der Waals surface area contributed by atoms with Crippen LogP contribution >= 0.6 is 23.2 Å². The van der Waals surface area contributed by atoms with Crippen molar-refractivity contribution in [3.63, 3.8) is 0 Å². The maximum Gasteiger partial charge on any atom is 0.129 e. The van der Waals surface area contributed by atoms with Gasteiger partial charge in [-0.3, -0.25) is 0 Å². The van der Waals surface area contributed by atoms with E-state index in [0.29, 0.717) is 28.1 Å². The first-order valence-electron chi connectivity index (χ1n) is 7.18. The lowest BCUT2D eigenvalue weighted by atomic mass is 10.0. The molecule has 0 saturated heterocycles. The highest BCUT2D eigenvalue weighted by Gasteiger charge is 2.14. The molecule has 22 heavy (non-hydrogen) atoms. The summed E-state index contributed by atoms with van der Waals surface area (Å²) in [6.07, 6.45) is 2.06. The van der Waals surface area contributed by atoms with Crippen LogP contribution < -0.4 is 0 Å². The van der Waals surface area contributed by atoms with Crippen LogP contribution in [0.2, 0.25) is 10.0 Å². The number of aromatic nitrogens is 1. The molecule has 0 aliphatic carbocycles. The first-order valence-corrected chi connectivity index (χ1v) is 7.94. The molecule has 114 valence electrons. The molecule has 0 unspecified atom stereocenters. The lowest BCUT2D eigenvalue weighted by Crippen LogP contribution is -2.01. The average molecular weight is 336 g/mol. The topological polar surface area (TPSA) is 4.93 Å². The normalized spacial score (nSPS) is 11.5. The Morgan fingerprint density at radius 1 is 1.14 bits per heavy atom. The van der Waals surface area contributed by atoms with E-state index in [-0.39, 0.29) is 5.82 Å². The molecule has 0 N–H and O–H groups in total. The fraction of sp³-hybridized carbons (Fsp3) is 0.222. The standard InChI is InChI=1S/C18H16Cl2FN/c1-11(2)14-9-22(18-7-6-12(19)8-13(14)18)10-15-16(20)4-3-5-17(15)21/h3-9,11H,10H2,1-2H3. The molecule has 0 saturated carbocycles. The highest BCUT2D eigenvalue weighted by Crippen LogP contribution is 2.31. The van der Waals surface area contributed by atoms with Crippen molar-refractivity contribution in [1.82, 2.24) is 4.57 Å². The summed E-state index contributed by atoms with van der Waals surface area (Å²) >= 11 is 12.3. The summed E-state index contributed by atoms with van der Waals surface area (Å²) < 4.78 is 16.1. The van der Waals surface area contributed by atoms with Crippen molar-refractivity contribution in [2.45, 2.75) is 26.3 Å². The second kappa shape index (κ2) is 5.94. The molecule has 1 nitrogen and oxygen atoms in total. The van der Waals surface area contributed by atoms with Gasteiger partial charge in [-0.2, -0.15) is 0 Å². The van der Waals surface area contributed by atoms with E-state index < -0.39 is 0 Å². The SMILES string of the molecule is CC(C)c1cn(Cc2c(F)cccc2Cl)c2ccc(Cl)cc12. The van der Waals surface area contributed by atoms with E-state index in [2.05, 4.69) is 20.0 Å². The highest BCUT2D eigenvalue weighted by atomic mass is 35.5. The van der Waals surface area contributed by atoms with Crippen molar-refractivity contribution in [3.8, 4) is 0 Å². The van der Waals surface area contributed by atoms with E-state index in [4.69, 9.17) is 23.2 Å². The number of benzene rings is 2. The number of fused-ring (bicyclic) bond motifs is 1. The van der Waals surface area contributed by atoms with E-state index >= 15 is 0 Å². The van der Waals surface area contributed by atoms with Crippen molar-refractivity contribution in [1.29, 1.82) is 0 Å². The van der Waals surface area contributed by atoms with Crippen LogP contribution in [0.4, 0.5) is 4.39 Å². The van der Waals surface area contributed by atoms with Crippen molar-refractivity contribution >= 4 is 34.1 Å². The molecule has 0 atom stereocenters. The molecule has 1 heterocycles. The first-order chi connectivity index (χ1) is 10.5.